The molecular weight excluding hydrogens is 444 g/mol. The summed E-state index contributed by atoms with van der Waals surface area (Å²) in [5, 5.41) is 0. The van der Waals surface area contributed by atoms with Crippen LogP contribution in [0.1, 0.15) is 18.9 Å². The topological polar surface area (TPSA) is 94.6 Å². The van der Waals surface area contributed by atoms with Crippen LogP contribution < -0.4 is 4.18 Å². The van der Waals surface area contributed by atoms with Gasteiger partial charge in [0.05, 0.1) is 4.90 Å². The number of carbonyl (C=O) groups is 1. The van der Waals surface area contributed by atoms with Crippen molar-refractivity contribution in [3.05, 3.63) is 52.5 Å². The van der Waals surface area contributed by atoms with E-state index in [1.165, 1.54) is 31.2 Å². The first-order chi connectivity index (χ1) is 12.0. The maximum Gasteiger partial charge on any atom is 0.340 e. The van der Waals surface area contributed by atoms with E-state index >= 15 is 0 Å². The van der Waals surface area contributed by atoms with Crippen LogP contribution in [0.5, 0.6) is 5.75 Å². The van der Waals surface area contributed by atoms with Crippen molar-refractivity contribution in [2.24, 2.45) is 0 Å². The monoisotopic (exact) mass is 460 g/mol. The van der Waals surface area contributed by atoms with Gasteiger partial charge in [0.2, 0.25) is 0 Å². The van der Waals surface area contributed by atoms with Gasteiger partial charge in [-0.15, -0.1) is 0 Å². The van der Waals surface area contributed by atoms with E-state index in [-0.39, 0.29) is 25.8 Å². The van der Waals surface area contributed by atoms with Gasteiger partial charge in [-0.25, -0.2) is 8.42 Å². The van der Waals surface area contributed by atoms with Gasteiger partial charge in [0.15, 0.2) is 9.84 Å². The van der Waals surface area contributed by atoms with E-state index in [1.807, 2.05) is 0 Å². The Bertz CT molecular complexity index is 1030. The predicted octanol–water partition coefficient (Wildman–Crippen LogP) is 3.14. The minimum atomic E-state index is -4.23. The van der Waals surface area contributed by atoms with Crippen molar-refractivity contribution in [2.45, 2.75) is 29.6 Å². The highest BCUT2D eigenvalue weighted by Crippen LogP contribution is 2.28. The van der Waals surface area contributed by atoms with Gasteiger partial charge in [-0.1, -0.05) is 12.1 Å². The van der Waals surface area contributed by atoms with E-state index in [0.29, 0.717) is 12.8 Å². The van der Waals surface area contributed by atoms with Gasteiger partial charge in [0.25, 0.3) is 0 Å². The molecule has 0 radical (unpaired) electrons. The average molecular weight is 461 g/mol. The Labute approximate surface area is 161 Å². The summed E-state index contributed by atoms with van der Waals surface area (Å²) in [5.74, 6) is 0.164. The third-order valence-corrected chi connectivity index (χ3v) is 6.85. The number of benzene rings is 2. The third-order valence-electron chi connectivity index (χ3n) is 3.50. The lowest BCUT2D eigenvalue weighted by atomic mass is 10.1. The lowest BCUT2D eigenvalue weighted by molar-refractivity contribution is -0.116. The van der Waals surface area contributed by atoms with Crippen LogP contribution in [0.2, 0.25) is 0 Å². The molecule has 0 amide bonds. The summed E-state index contributed by atoms with van der Waals surface area (Å²) < 4.78 is 53.6. The standard InChI is InChI=1S/C17H17BrO6S2/c1-12(19)3-4-13-5-7-14(8-6-13)24-26(22,23)17-11-15(25(2,20)21)9-10-16(17)18/h5-11H,3-4H2,1-2H3. The van der Waals surface area contributed by atoms with Crippen LogP contribution in [-0.4, -0.2) is 28.9 Å². The second-order valence-corrected chi connectivity index (χ2v) is 10.1. The van der Waals surface area contributed by atoms with Crippen LogP contribution in [0.15, 0.2) is 56.7 Å². The van der Waals surface area contributed by atoms with Crippen molar-refractivity contribution in [1.29, 1.82) is 0 Å². The van der Waals surface area contributed by atoms with Crippen molar-refractivity contribution < 1.29 is 25.8 Å². The second kappa shape index (κ2) is 7.89. The highest BCUT2D eigenvalue weighted by Gasteiger charge is 2.23. The normalized spacial score (nSPS) is 12.0. The maximum atomic E-state index is 12.5. The molecule has 6 nitrogen and oxygen atoms in total. The van der Waals surface area contributed by atoms with E-state index in [9.17, 15) is 21.6 Å². The number of aryl methyl sites for hydroxylation is 1. The summed E-state index contributed by atoms with van der Waals surface area (Å²) in [6.45, 7) is 1.51. The zero-order valence-corrected chi connectivity index (χ0v) is 17.3. The number of carbonyl (C=O) groups excluding carboxylic acids is 1. The molecule has 0 spiro atoms. The molecule has 0 N–H and O–H groups in total. The molecule has 0 fully saturated rings. The van der Waals surface area contributed by atoms with Gasteiger partial charge in [-0.05, 0) is 65.2 Å². The Hall–Kier alpha value is -1.71. The van der Waals surface area contributed by atoms with E-state index in [1.54, 1.807) is 12.1 Å². The highest BCUT2D eigenvalue weighted by molar-refractivity contribution is 9.10. The van der Waals surface area contributed by atoms with Crippen LogP contribution in [0, 0.1) is 0 Å². The first-order valence-corrected chi connectivity index (χ1v) is 11.6. The van der Waals surface area contributed by atoms with Gasteiger partial charge >= 0.3 is 10.1 Å². The number of rotatable bonds is 7. The van der Waals surface area contributed by atoms with Crippen LogP contribution >= 0.6 is 15.9 Å². The Morgan fingerprint density at radius 2 is 1.65 bits per heavy atom. The smallest absolute Gasteiger partial charge is 0.340 e. The first kappa shape index (κ1) is 20.6. The van der Waals surface area contributed by atoms with E-state index in [2.05, 4.69) is 15.9 Å². The fraction of sp³-hybridized carbons (Fsp3) is 0.235. The van der Waals surface area contributed by atoms with Gasteiger partial charge in [-0.3, -0.25) is 0 Å². The van der Waals surface area contributed by atoms with Crippen LogP contribution in [-0.2, 0) is 31.2 Å². The number of halogens is 1. The van der Waals surface area contributed by atoms with E-state index < -0.39 is 20.0 Å². The number of ketones is 1. The SMILES string of the molecule is CC(=O)CCc1ccc(OS(=O)(=O)c2cc(S(C)(=O)=O)ccc2Br)cc1. The molecule has 0 aliphatic rings. The molecule has 0 atom stereocenters. The number of sulfone groups is 1. The zero-order chi connectivity index (χ0) is 19.5. The molecule has 0 bridgehead atoms. The quantitative estimate of drug-likeness (QED) is 0.588. The molecule has 0 unspecified atom stereocenters. The highest BCUT2D eigenvalue weighted by atomic mass is 79.9. The predicted molar refractivity (Wildman–Crippen MR) is 101 cm³/mol. The van der Waals surface area contributed by atoms with E-state index in [0.717, 1.165) is 17.9 Å². The molecule has 26 heavy (non-hydrogen) atoms. The van der Waals surface area contributed by atoms with Gasteiger partial charge in [0.1, 0.15) is 16.4 Å². The molecule has 2 rings (SSSR count). The second-order valence-electron chi connectivity index (χ2n) is 5.75. The minimum absolute atomic E-state index is 0.0727. The van der Waals surface area contributed by atoms with Crippen molar-refractivity contribution in [2.75, 3.05) is 6.26 Å². The largest absolute Gasteiger partial charge is 0.379 e. The summed E-state index contributed by atoms with van der Waals surface area (Å²) in [6, 6.07) is 10.0. The Morgan fingerprint density at radius 1 is 1.04 bits per heavy atom. The molecule has 0 saturated carbocycles. The fourth-order valence-electron chi connectivity index (χ4n) is 2.11. The van der Waals surface area contributed by atoms with Crippen molar-refractivity contribution in [3.63, 3.8) is 0 Å². The summed E-state index contributed by atoms with van der Waals surface area (Å²) in [5.41, 5.74) is 0.880. The summed E-state index contributed by atoms with van der Waals surface area (Å²) in [4.78, 5) is 10.6. The molecule has 0 heterocycles. The molecular formula is C17H17BrO6S2. The van der Waals surface area contributed by atoms with Gasteiger partial charge in [-0.2, -0.15) is 8.42 Å². The zero-order valence-electron chi connectivity index (χ0n) is 14.1. The number of hydrogen-bond acceptors (Lipinski definition) is 6. The van der Waals surface area contributed by atoms with Crippen molar-refractivity contribution in [3.8, 4) is 5.75 Å². The van der Waals surface area contributed by atoms with Crippen molar-refractivity contribution in [1.82, 2.24) is 0 Å². The lowest BCUT2D eigenvalue weighted by Crippen LogP contribution is -2.11. The fourth-order valence-corrected chi connectivity index (χ4v) is 4.71. The van der Waals surface area contributed by atoms with Crippen LogP contribution in [0.3, 0.4) is 0 Å². The van der Waals surface area contributed by atoms with Crippen LogP contribution in [0.25, 0.3) is 0 Å². The van der Waals surface area contributed by atoms with Crippen molar-refractivity contribution >= 4 is 41.7 Å². The molecule has 0 aliphatic carbocycles. The van der Waals surface area contributed by atoms with Crippen LogP contribution in [0.4, 0.5) is 0 Å². The maximum absolute atomic E-state index is 12.5. The average Bonchev–Trinajstić information content (AvgIpc) is 2.53. The van der Waals surface area contributed by atoms with E-state index in [4.69, 9.17) is 4.18 Å². The Morgan fingerprint density at radius 3 is 2.19 bits per heavy atom. The molecule has 0 saturated heterocycles. The Kier molecular flexibility index (Phi) is 6.25. The minimum Gasteiger partial charge on any atom is -0.379 e. The number of Topliss-reactive ketones (excluding diaryl/α,β-unsaturated/α-hetero) is 1. The molecule has 0 aromatic heterocycles. The number of hydrogen-bond donors (Lipinski definition) is 0. The summed E-state index contributed by atoms with van der Waals surface area (Å²) in [6.07, 6.45) is 1.96. The molecule has 140 valence electrons. The lowest BCUT2D eigenvalue weighted by Gasteiger charge is -2.10. The molecule has 0 aliphatic heterocycles. The summed E-state index contributed by atoms with van der Waals surface area (Å²) >= 11 is 3.11. The molecule has 9 heteroatoms. The van der Waals surface area contributed by atoms with Gasteiger partial charge in [0, 0.05) is 17.1 Å². The molecule has 2 aromatic carbocycles. The summed E-state index contributed by atoms with van der Waals surface area (Å²) in [7, 11) is -7.79. The molecule has 2 aromatic rings. The first-order valence-electron chi connectivity index (χ1n) is 7.51. The Balaban J connectivity index is 2.27. The van der Waals surface area contributed by atoms with Gasteiger partial charge < -0.3 is 8.98 Å². The third kappa shape index (κ3) is 5.39.